The maximum atomic E-state index is 11.0. The summed E-state index contributed by atoms with van der Waals surface area (Å²) in [6, 6.07) is 0.719. The Kier molecular flexibility index (Phi) is 7.68. The van der Waals surface area contributed by atoms with Crippen LogP contribution in [-0.4, -0.2) is 32.5 Å². The molecule has 4 heteroatoms. The summed E-state index contributed by atoms with van der Waals surface area (Å²) in [5.74, 6) is 0.263. The summed E-state index contributed by atoms with van der Waals surface area (Å²) in [6.45, 7) is 7.89. The highest BCUT2D eigenvalue weighted by Crippen LogP contribution is 2.05. The second-order valence-corrected chi connectivity index (χ2v) is 6.72. The maximum Gasteiger partial charge on any atom is 0.147 e. The lowest BCUT2D eigenvalue weighted by molar-refractivity contribution is 0.408. The Balaban J connectivity index is 3.90. The van der Waals surface area contributed by atoms with E-state index in [4.69, 9.17) is 0 Å². The zero-order valence-electron chi connectivity index (χ0n) is 10.7. The number of hydrogen-bond donors (Lipinski definition) is 1. The summed E-state index contributed by atoms with van der Waals surface area (Å²) in [4.78, 5) is 0. The topological polar surface area (TPSA) is 46.2 Å². The molecule has 96 valence electrons. The van der Waals surface area contributed by atoms with Gasteiger partial charge in [-0.3, -0.25) is 0 Å². The quantitative estimate of drug-likeness (QED) is 0.635. The molecule has 0 aliphatic carbocycles. The highest BCUT2D eigenvalue weighted by Gasteiger charge is 2.11. The number of sulfone groups is 1. The number of nitrogens with one attached hydrogen (secondary N) is 1. The van der Waals surface area contributed by atoms with E-state index in [1.165, 1.54) is 6.26 Å². The fraction of sp³-hybridized carbons (Fsp3) is 0.833. The molecule has 0 spiro atoms. The van der Waals surface area contributed by atoms with Crippen molar-refractivity contribution in [3.8, 4) is 0 Å². The normalized spacial score (nSPS) is 15.7. The van der Waals surface area contributed by atoms with E-state index >= 15 is 0 Å². The standard InChI is InChI=1S/C12H25NO2S/c1-5-7-8-12(6-2)13-11(3)9-10-16(4,14)15/h5,11-13H,1,6-10H2,2-4H3. The first-order valence-electron chi connectivity index (χ1n) is 5.93. The van der Waals surface area contributed by atoms with Gasteiger partial charge in [-0.05, 0) is 32.6 Å². The van der Waals surface area contributed by atoms with E-state index in [0.29, 0.717) is 12.5 Å². The minimum atomic E-state index is -2.83. The van der Waals surface area contributed by atoms with Gasteiger partial charge in [0.15, 0.2) is 0 Å². The van der Waals surface area contributed by atoms with Crippen LogP contribution in [-0.2, 0) is 9.84 Å². The first-order valence-corrected chi connectivity index (χ1v) is 7.99. The van der Waals surface area contributed by atoms with Crippen molar-refractivity contribution in [2.45, 2.75) is 51.6 Å². The van der Waals surface area contributed by atoms with Crippen molar-refractivity contribution in [1.82, 2.24) is 5.32 Å². The Hall–Kier alpha value is -0.350. The van der Waals surface area contributed by atoms with Crippen LogP contribution in [0.1, 0.15) is 39.5 Å². The molecule has 16 heavy (non-hydrogen) atoms. The smallest absolute Gasteiger partial charge is 0.147 e. The van der Waals surface area contributed by atoms with Crippen molar-refractivity contribution in [3.05, 3.63) is 12.7 Å². The van der Waals surface area contributed by atoms with Gasteiger partial charge in [0.1, 0.15) is 9.84 Å². The molecule has 0 aliphatic rings. The van der Waals surface area contributed by atoms with Crippen LogP contribution in [0.25, 0.3) is 0 Å². The summed E-state index contributed by atoms with van der Waals surface area (Å²) in [7, 11) is -2.83. The van der Waals surface area contributed by atoms with E-state index in [0.717, 1.165) is 19.3 Å². The highest BCUT2D eigenvalue weighted by molar-refractivity contribution is 7.90. The van der Waals surface area contributed by atoms with E-state index in [9.17, 15) is 8.42 Å². The van der Waals surface area contributed by atoms with Crippen molar-refractivity contribution < 1.29 is 8.42 Å². The molecule has 0 rings (SSSR count). The Morgan fingerprint density at radius 3 is 2.44 bits per heavy atom. The third kappa shape index (κ3) is 8.92. The van der Waals surface area contributed by atoms with Crippen LogP contribution in [0.2, 0.25) is 0 Å². The average molecular weight is 247 g/mol. The van der Waals surface area contributed by atoms with Crippen molar-refractivity contribution >= 4 is 9.84 Å². The van der Waals surface area contributed by atoms with Crippen LogP contribution >= 0.6 is 0 Å². The van der Waals surface area contributed by atoms with Gasteiger partial charge in [0, 0.05) is 18.3 Å². The predicted octanol–water partition coefficient (Wildman–Crippen LogP) is 2.14. The molecule has 0 radical (unpaired) electrons. The van der Waals surface area contributed by atoms with Crippen LogP contribution in [0.3, 0.4) is 0 Å². The molecule has 1 N–H and O–H groups in total. The zero-order valence-corrected chi connectivity index (χ0v) is 11.5. The number of hydrogen-bond acceptors (Lipinski definition) is 3. The summed E-state index contributed by atoms with van der Waals surface area (Å²) in [5.41, 5.74) is 0. The molecule has 0 amide bonds. The number of allylic oxidation sites excluding steroid dienone is 1. The van der Waals surface area contributed by atoms with Gasteiger partial charge in [-0.25, -0.2) is 8.42 Å². The van der Waals surface area contributed by atoms with Crippen LogP contribution in [0.4, 0.5) is 0 Å². The maximum absolute atomic E-state index is 11.0. The van der Waals surface area contributed by atoms with Crippen LogP contribution in [0.15, 0.2) is 12.7 Å². The second kappa shape index (κ2) is 7.85. The van der Waals surface area contributed by atoms with Crippen molar-refractivity contribution in [1.29, 1.82) is 0 Å². The first-order chi connectivity index (χ1) is 7.39. The Labute approximate surface area is 100 Å². The molecular formula is C12H25NO2S. The minimum absolute atomic E-state index is 0.254. The van der Waals surface area contributed by atoms with Crippen molar-refractivity contribution in [2.24, 2.45) is 0 Å². The Morgan fingerprint density at radius 1 is 1.38 bits per heavy atom. The lowest BCUT2D eigenvalue weighted by Crippen LogP contribution is -2.37. The van der Waals surface area contributed by atoms with Gasteiger partial charge in [0.25, 0.3) is 0 Å². The lowest BCUT2D eigenvalue weighted by Gasteiger charge is -2.21. The van der Waals surface area contributed by atoms with E-state index < -0.39 is 9.84 Å². The molecule has 0 aromatic rings. The molecule has 0 heterocycles. The van der Waals surface area contributed by atoms with Gasteiger partial charge in [-0.2, -0.15) is 0 Å². The van der Waals surface area contributed by atoms with Gasteiger partial charge in [-0.15, -0.1) is 6.58 Å². The van der Waals surface area contributed by atoms with Crippen LogP contribution in [0.5, 0.6) is 0 Å². The Morgan fingerprint density at radius 2 is 2.00 bits per heavy atom. The van der Waals surface area contributed by atoms with Gasteiger partial charge in [0.2, 0.25) is 0 Å². The Bertz CT molecular complexity index is 285. The van der Waals surface area contributed by atoms with Gasteiger partial charge >= 0.3 is 0 Å². The number of rotatable bonds is 9. The monoisotopic (exact) mass is 247 g/mol. The molecule has 0 aromatic heterocycles. The molecule has 0 saturated heterocycles. The summed E-state index contributed by atoms with van der Waals surface area (Å²) in [6.07, 6.45) is 7.04. The molecule has 0 bridgehead atoms. The van der Waals surface area contributed by atoms with Crippen molar-refractivity contribution in [3.63, 3.8) is 0 Å². The minimum Gasteiger partial charge on any atom is -0.311 e. The third-order valence-corrected chi connectivity index (χ3v) is 3.63. The first kappa shape index (κ1) is 15.7. The predicted molar refractivity (Wildman–Crippen MR) is 70.4 cm³/mol. The largest absolute Gasteiger partial charge is 0.311 e. The molecule has 3 nitrogen and oxygen atoms in total. The van der Waals surface area contributed by atoms with Gasteiger partial charge in [0.05, 0.1) is 5.75 Å². The van der Waals surface area contributed by atoms with Crippen molar-refractivity contribution in [2.75, 3.05) is 12.0 Å². The molecule has 0 saturated carbocycles. The van der Waals surface area contributed by atoms with Crippen LogP contribution < -0.4 is 5.32 Å². The second-order valence-electron chi connectivity index (χ2n) is 4.46. The molecule has 2 atom stereocenters. The highest BCUT2D eigenvalue weighted by atomic mass is 32.2. The lowest BCUT2D eigenvalue weighted by atomic mass is 10.1. The molecule has 0 aliphatic heterocycles. The fourth-order valence-electron chi connectivity index (χ4n) is 1.60. The molecule has 0 fully saturated rings. The average Bonchev–Trinajstić information content (AvgIpc) is 2.20. The van der Waals surface area contributed by atoms with Crippen LogP contribution in [0, 0.1) is 0 Å². The molecular weight excluding hydrogens is 222 g/mol. The third-order valence-electron chi connectivity index (χ3n) is 2.65. The van der Waals surface area contributed by atoms with Gasteiger partial charge < -0.3 is 5.32 Å². The summed E-state index contributed by atoms with van der Waals surface area (Å²) in [5, 5.41) is 3.46. The van der Waals surface area contributed by atoms with E-state index in [1.807, 2.05) is 13.0 Å². The molecule has 0 aromatic carbocycles. The summed E-state index contributed by atoms with van der Waals surface area (Å²) < 4.78 is 22.0. The summed E-state index contributed by atoms with van der Waals surface area (Å²) >= 11 is 0. The SMILES string of the molecule is C=CCCC(CC)NC(C)CCS(C)(=O)=O. The van der Waals surface area contributed by atoms with E-state index in [-0.39, 0.29) is 11.8 Å². The van der Waals surface area contributed by atoms with Gasteiger partial charge in [-0.1, -0.05) is 13.0 Å². The van der Waals surface area contributed by atoms with E-state index in [1.54, 1.807) is 0 Å². The molecule has 2 unspecified atom stereocenters. The van der Waals surface area contributed by atoms with E-state index in [2.05, 4.69) is 18.8 Å². The fourth-order valence-corrected chi connectivity index (χ4v) is 2.38. The zero-order chi connectivity index (χ0) is 12.6.